The zero-order valence-corrected chi connectivity index (χ0v) is 10.7. The third-order valence-corrected chi connectivity index (χ3v) is 2.47. The van der Waals surface area contributed by atoms with Gasteiger partial charge < -0.3 is 10.4 Å². The predicted octanol–water partition coefficient (Wildman–Crippen LogP) is 1.97. The van der Waals surface area contributed by atoms with Gasteiger partial charge in [-0.2, -0.15) is 0 Å². The number of halogens is 1. The Kier molecular flexibility index (Phi) is 4.35. The molecule has 2 aromatic heterocycles. The molecule has 0 unspecified atom stereocenters. The van der Waals surface area contributed by atoms with Gasteiger partial charge in [-0.15, -0.1) is 0 Å². The molecule has 0 saturated carbocycles. The van der Waals surface area contributed by atoms with Crippen molar-refractivity contribution in [1.29, 1.82) is 0 Å². The second-order valence-electron chi connectivity index (χ2n) is 3.95. The molecule has 0 spiro atoms. The number of nitrogens with one attached hydrogen (secondary N) is 1. The molecular formula is C14H10FN3O3. The molecule has 0 radical (unpaired) electrons. The Balaban J connectivity index is 2.23. The fourth-order valence-electron chi connectivity index (χ4n) is 1.54. The van der Waals surface area contributed by atoms with Crippen LogP contribution in [0.3, 0.4) is 0 Å². The first-order chi connectivity index (χ1) is 10.1. The van der Waals surface area contributed by atoms with Crippen LogP contribution in [0.15, 0.2) is 42.9 Å². The molecule has 0 bridgehead atoms. The van der Waals surface area contributed by atoms with Crippen LogP contribution in [0.25, 0.3) is 6.08 Å². The summed E-state index contributed by atoms with van der Waals surface area (Å²) in [4.78, 5) is 30.2. The number of carbonyl (C=O) groups is 2. The van der Waals surface area contributed by atoms with Crippen molar-refractivity contribution in [3.63, 3.8) is 0 Å². The third-order valence-electron chi connectivity index (χ3n) is 2.47. The number of amides is 1. The summed E-state index contributed by atoms with van der Waals surface area (Å²) in [7, 11) is 0. The SMILES string of the molecule is O=C(O)C=Cc1cnccc1C(=O)Nc1ccc(F)cn1. The number of anilines is 1. The van der Waals surface area contributed by atoms with Crippen LogP contribution in [-0.4, -0.2) is 27.0 Å². The van der Waals surface area contributed by atoms with Crippen molar-refractivity contribution in [1.82, 2.24) is 9.97 Å². The van der Waals surface area contributed by atoms with Gasteiger partial charge in [0.05, 0.1) is 11.8 Å². The van der Waals surface area contributed by atoms with Gasteiger partial charge in [0, 0.05) is 24.0 Å². The Morgan fingerprint density at radius 3 is 2.71 bits per heavy atom. The average Bonchev–Trinajstić information content (AvgIpc) is 2.47. The van der Waals surface area contributed by atoms with E-state index in [2.05, 4.69) is 15.3 Å². The second-order valence-corrected chi connectivity index (χ2v) is 3.95. The Bertz CT molecular complexity index is 699. The molecule has 1 amide bonds. The summed E-state index contributed by atoms with van der Waals surface area (Å²) >= 11 is 0. The largest absolute Gasteiger partial charge is 0.478 e. The van der Waals surface area contributed by atoms with Crippen molar-refractivity contribution in [2.75, 3.05) is 5.32 Å². The molecular weight excluding hydrogens is 277 g/mol. The van der Waals surface area contributed by atoms with Crippen molar-refractivity contribution in [2.45, 2.75) is 0 Å². The van der Waals surface area contributed by atoms with E-state index in [0.717, 1.165) is 12.3 Å². The van der Waals surface area contributed by atoms with Crippen molar-refractivity contribution in [3.8, 4) is 0 Å². The molecule has 0 fully saturated rings. The van der Waals surface area contributed by atoms with Gasteiger partial charge >= 0.3 is 5.97 Å². The van der Waals surface area contributed by atoms with Gasteiger partial charge in [-0.3, -0.25) is 9.78 Å². The Morgan fingerprint density at radius 1 is 1.24 bits per heavy atom. The Hall–Kier alpha value is -3.09. The first kappa shape index (κ1) is 14.3. The topological polar surface area (TPSA) is 92.2 Å². The summed E-state index contributed by atoms with van der Waals surface area (Å²) in [5.74, 6) is -1.96. The number of aliphatic carboxylic acids is 1. The van der Waals surface area contributed by atoms with E-state index in [1.165, 1.54) is 36.7 Å². The summed E-state index contributed by atoms with van der Waals surface area (Å²) in [6.07, 6.45) is 5.93. The molecule has 7 heteroatoms. The van der Waals surface area contributed by atoms with Crippen molar-refractivity contribution < 1.29 is 19.1 Å². The fourth-order valence-corrected chi connectivity index (χ4v) is 1.54. The van der Waals surface area contributed by atoms with Gasteiger partial charge in [-0.05, 0) is 24.3 Å². The second kappa shape index (κ2) is 6.38. The number of carbonyl (C=O) groups excluding carboxylic acids is 1. The van der Waals surface area contributed by atoms with Crippen LogP contribution in [0.5, 0.6) is 0 Å². The van der Waals surface area contributed by atoms with Crippen molar-refractivity contribution in [3.05, 3.63) is 59.8 Å². The standard InChI is InChI=1S/C14H10FN3O3/c15-10-2-3-12(17-8-10)18-14(21)11-5-6-16-7-9(11)1-4-13(19)20/h1-8H,(H,19,20)(H,17,18,21). The van der Waals surface area contributed by atoms with E-state index in [-0.39, 0.29) is 11.4 Å². The van der Waals surface area contributed by atoms with Crippen LogP contribution in [0.4, 0.5) is 10.2 Å². The highest BCUT2D eigenvalue weighted by molar-refractivity contribution is 6.06. The lowest BCUT2D eigenvalue weighted by atomic mass is 10.1. The minimum Gasteiger partial charge on any atom is -0.478 e. The number of rotatable bonds is 4. The highest BCUT2D eigenvalue weighted by Crippen LogP contribution is 2.12. The molecule has 106 valence electrons. The molecule has 0 atom stereocenters. The molecule has 6 nitrogen and oxygen atoms in total. The molecule has 0 aliphatic rings. The van der Waals surface area contributed by atoms with Crippen LogP contribution in [0.1, 0.15) is 15.9 Å². The monoisotopic (exact) mass is 287 g/mol. The van der Waals surface area contributed by atoms with E-state index >= 15 is 0 Å². The van der Waals surface area contributed by atoms with E-state index in [1.807, 2.05) is 0 Å². The zero-order valence-electron chi connectivity index (χ0n) is 10.7. The summed E-state index contributed by atoms with van der Waals surface area (Å²) in [5, 5.41) is 11.1. The van der Waals surface area contributed by atoms with Crippen molar-refractivity contribution in [2.24, 2.45) is 0 Å². The number of pyridine rings is 2. The van der Waals surface area contributed by atoms with E-state index in [0.29, 0.717) is 5.56 Å². The van der Waals surface area contributed by atoms with Crippen LogP contribution < -0.4 is 5.32 Å². The van der Waals surface area contributed by atoms with E-state index < -0.39 is 17.7 Å². The number of carboxylic acid groups (broad SMARTS) is 1. The lowest BCUT2D eigenvalue weighted by molar-refractivity contribution is -0.131. The molecule has 0 aliphatic heterocycles. The summed E-state index contributed by atoms with van der Waals surface area (Å²) < 4.78 is 12.7. The van der Waals surface area contributed by atoms with Crippen LogP contribution in [-0.2, 0) is 4.79 Å². The lowest BCUT2D eigenvalue weighted by Crippen LogP contribution is -2.14. The molecule has 0 aromatic carbocycles. The average molecular weight is 287 g/mol. The third kappa shape index (κ3) is 3.93. The summed E-state index contributed by atoms with van der Waals surface area (Å²) in [5.41, 5.74) is 0.577. The number of carboxylic acids is 1. The van der Waals surface area contributed by atoms with E-state index in [9.17, 15) is 14.0 Å². The van der Waals surface area contributed by atoms with Crippen LogP contribution >= 0.6 is 0 Å². The minimum atomic E-state index is -1.13. The Morgan fingerprint density at radius 2 is 2.05 bits per heavy atom. The van der Waals surface area contributed by atoms with Gasteiger partial charge in [0.1, 0.15) is 11.6 Å². The molecule has 2 rings (SSSR count). The first-order valence-corrected chi connectivity index (χ1v) is 5.84. The van der Waals surface area contributed by atoms with E-state index in [1.54, 1.807) is 0 Å². The quantitative estimate of drug-likeness (QED) is 0.839. The maximum atomic E-state index is 12.7. The zero-order chi connectivity index (χ0) is 15.2. The maximum Gasteiger partial charge on any atom is 0.328 e. The van der Waals surface area contributed by atoms with E-state index in [4.69, 9.17) is 5.11 Å². The smallest absolute Gasteiger partial charge is 0.328 e. The number of hydrogen-bond donors (Lipinski definition) is 2. The number of nitrogens with zero attached hydrogens (tertiary/aromatic N) is 2. The molecule has 0 saturated heterocycles. The van der Waals surface area contributed by atoms with Gasteiger partial charge in [0.25, 0.3) is 5.91 Å². The molecule has 21 heavy (non-hydrogen) atoms. The lowest BCUT2D eigenvalue weighted by Gasteiger charge is -2.06. The van der Waals surface area contributed by atoms with Gasteiger partial charge in [0.2, 0.25) is 0 Å². The highest BCUT2D eigenvalue weighted by Gasteiger charge is 2.11. The van der Waals surface area contributed by atoms with Crippen LogP contribution in [0.2, 0.25) is 0 Å². The Labute approximate surface area is 119 Å². The summed E-state index contributed by atoms with van der Waals surface area (Å²) in [6.45, 7) is 0. The number of aromatic nitrogens is 2. The molecule has 2 aromatic rings. The molecule has 2 heterocycles. The first-order valence-electron chi connectivity index (χ1n) is 5.84. The normalized spacial score (nSPS) is 10.5. The van der Waals surface area contributed by atoms with Gasteiger partial charge in [0.15, 0.2) is 0 Å². The van der Waals surface area contributed by atoms with Crippen LogP contribution in [0, 0.1) is 5.82 Å². The van der Waals surface area contributed by atoms with Gasteiger partial charge in [-0.25, -0.2) is 14.2 Å². The maximum absolute atomic E-state index is 12.7. The van der Waals surface area contributed by atoms with Gasteiger partial charge in [-0.1, -0.05) is 0 Å². The molecule has 0 aliphatic carbocycles. The fraction of sp³-hybridized carbons (Fsp3) is 0. The predicted molar refractivity (Wildman–Crippen MR) is 73.1 cm³/mol. The minimum absolute atomic E-state index is 0.186. The molecule has 2 N–H and O–H groups in total. The highest BCUT2D eigenvalue weighted by atomic mass is 19.1. The summed E-state index contributed by atoms with van der Waals surface area (Å²) in [6, 6.07) is 3.93. The number of hydrogen-bond acceptors (Lipinski definition) is 4. The van der Waals surface area contributed by atoms with Crippen molar-refractivity contribution >= 4 is 23.8 Å².